The van der Waals surface area contributed by atoms with E-state index in [4.69, 9.17) is 11.6 Å². The fourth-order valence-electron chi connectivity index (χ4n) is 1.76. The van der Waals surface area contributed by atoms with Crippen LogP contribution in [0.2, 0.25) is 5.02 Å². The zero-order valence-corrected chi connectivity index (χ0v) is 12.1. The van der Waals surface area contributed by atoms with E-state index in [-0.39, 0.29) is 10.7 Å². The van der Waals surface area contributed by atoms with Gasteiger partial charge in [-0.25, -0.2) is 4.39 Å². The summed E-state index contributed by atoms with van der Waals surface area (Å²) < 4.78 is 51.9. The molecule has 0 atom stereocenters. The summed E-state index contributed by atoms with van der Waals surface area (Å²) in [6, 6.07) is 4.76. The second-order valence-electron chi connectivity index (χ2n) is 4.55. The molecule has 122 valence electrons. The first-order valence-electron chi connectivity index (χ1n) is 6.19. The van der Waals surface area contributed by atoms with E-state index in [2.05, 4.69) is 5.32 Å². The maximum atomic E-state index is 13.5. The number of amides is 1. The molecule has 0 saturated heterocycles. The number of alkyl halides is 3. The van der Waals surface area contributed by atoms with Crippen molar-refractivity contribution in [1.29, 1.82) is 0 Å². The van der Waals surface area contributed by atoms with E-state index in [9.17, 15) is 27.2 Å². The minimum absolute atomic E-state index is 0.165. The monoisotopic (exact) mass is 348 g/mol. The molecule has 0 aliphatic heterocycles. The van der Waals surface area contributed by atoms with Crippen LogP contribution >= 0.6 is 11.6 Å². The van der Waals surface area contributed by atoms with Crippen LogP contribution in [0.1, 0.15) is 5.56 Å². The van der Waals surface area contributed by atoms with Crippen molar-refractivity contribution >= 4 is 23.2 Å². The Bertz CT molecular complexity index is 802. The van der Waals surface area contributed by atoms with Crippen molar-refractivity contribution < 1.29 is 22.4 Å². The largest absolute Gasteiger partial charge is 0.417 e. The summed E-state index contributed by atoms with van der Waals surface area (Å²) >= 11 is 5.66. The number of nitrogens with one attached hydrogen (secondary N) is 1. The highest BCUT2D eigenvalue weighted by Gasteiger charge is 2.31. The third kappa shape index (κ3) is 4.32. The normalized spacial score (nSPS) is 11.3. The maximum Gasteiger partial charge on any atom is 0.417 e. The molecule has 0 bridgehead atoms. The summed E-state index contributed by atoms with van der Waals surface area (Å²) in [7, 11) is 0. The number of hydrogen-bond donors (Lipinski definition) is 1. The molecule has 0 radical (unpaired) electrons. The fraction of sp³-hybridized carbons (Fsp3) is 0.143. The Hall–Kier alpha value is -2.35. The van der Waals surface area contributed by atoms with E-state index >= 15 is 0 Å². The molecule has 23 heavy (non-hydrogen) atoms. The van der Waals surface area contributed by atoms with Crippen LogP contribution in [-0.2, 0) is 17.5 Å². The Balaban J connectivity index is 2.20. The summed E-state index contributed by atoms with van der Waals surface area (Å²) in [5, 5.41) is 2.31. The van der Waals surface area contributed by atoms with E-state index in [1.165, 1.54) is 6.07 Å². The quantitative estimate of drug-likeness (QED) is 0.865. The molecular weight excluding hydrogens is 340 g/mol. The number of rotatable bonds is 3. The minimum Gasteiger partial charge on any atom is -0.322 e. The van der Waals surface area contributed by atoms with Crippen LogP contribution in [0.3, 0.4) is 0 Å². The van der Waals surface area contributed by atoms with Gasteiger partial charge in [-0.05, 0) is 24.3 Å². The number of anilines is 1. The van der Waals surface area contributed by atoms with Crippen molar-refractivity contribution in [1.82, 2.24) is 4.57 Å². The first kappa shape index (κ1) is 17.0. The van der Waals surface area contributed by atoms with Crippen LogP contribution in [0.5, 0.6) is 0 Å². The number of hydrogen-bond acceptors (Lipinski definition) is 2. The van der Waals surface area contributed by atoms with Gasteiger partial charge in [0.2, 0.25) is 5.91 Å². The predicted molar refractivity (Wildman–Crippen MR) is 75.7 cm³/mol. The number of halogens is 5. The highest BCUT2D eigenvalue weighted by molar-refractivity contribution is 6.30. The first-order chi connectivity index (χ1) is 10.7. The fourth-order valence-corrected chi connectivity index (χ4v) is 1.93. The topological polar surface area (TPSA) is 51.1 Å². The van der Waals surface area contributed by atoms with E-state index in [0.717, 1.165) is 12.1 Å². The van der Waals surface area contributed by atoms with Crippen LogP contribution < -0.4 is 10.9 Å². The summed E-state index contributed by atoms with van der Waals surface area (Å²) in [5.74, 6) is -1.63. The van der Waals surface area contributed by atoms with Gasteiger partial charge in [-0.15, -0.1) is 0 Å². The molecule has 1 aromatic carbocycles. The molecule has 1 aromatic heterocycles. The zero-order chi connectivity index (χ0) is 17.2. The van der Waals surface area contributed by atoms with E-state index < -0.39 is 35.6 Å². The van der Waals surface area contributed by atoms with Crippen LogP contribution in [0.4, 0.5) is 23.2 Å². The molecule has 1 heterocycles. The summed E-state index contributed by atoms with van der Waals surface area (Å²) in [5.41, 5.74) is -2.10. The number of nitrogens with zero attached hydrogens (tertiary/aromatic N) is 1. The van der Waals surface area contributed by atoms with E-state index in [1.54, 1.807) is 0 Å². The van der Waals surface area contributed by atoms with Gasteiger partial charge in [-0.1, -0.05) is 11.6 Å². The van der Waals surface area contributed by atoms with Gasteiger partial charge in [-0.2, -0.15) is 13.2 Å². The van der Waals surface area contributed by atoms with Gasteiger partial charge in [0.05, 0.1) is 11.3 Å². The molecule has 0 aliphatic rings. The standard InChI is InChI=1S/C14H9ClF4N2O2/c15-9-2-3-10(16)11(5-9)20-12(22)7-21-6-8(14(17,18)19)1-4-13(21)23/h1-6H,7H2,(H,20,22). The molecule has 0 spiro atoms. The van der Waals surface area contributed by atoms with Crippen molar-refractivity contribution in [2.75, 3.05) is 5.32 Å². The molecule has 0 unspecified atom stereocenters. The summed E-state index contributed by atoms with van der Waals surface area (Å²) in [6.45, 7) is -0.700. The van der Waals surface area contributed by atoms with Crippen LogP contribution in [0.25, 0.3) is 0 Å². The minimum atomic E-state index is -4.65. The maximum absolute atomic E-state index is 13.5. The van der Waals surface area contributed by atoms with Gasteiger partial charge in [0.25, 0.3) is 5.56 Å². The third-order valence-electron chi connectivity index (χ3n) is 2.83. The Morgan fingerprint density at radius 2 is 1.91 bits per heavy atom. The number of aromatic nitrogens is 1. The van der Waals surface area contributed by atoms with Crippen molar-refractivity contribution in [3.8, 4) is 0 Å². The summed E-state index contributed by atoms with van der Waals surface area (Å²) in [4.78, 5) is 23.3. The lowest BCUT2D eigenvalue weighted by atomic mass is 10.2. The van der Waals surface area contributed by atoms with Gasteiger partial charge in [0, 0.05) is 17.3 Å². The number of benzene rings is 1. The summed E-state index contributed by atoms with van der Waals surface area (Å²) in [6.07, 6.45) is -4.12. The number of pyridine rings is 1. The Kier molecular flexibility index (Phi) is 4.74. The lowest BCUT2D eigenvalue weighted by molar-refractivity contribution is -0.138. The second kappa shape index (κ2) is 6.41. The molecule has 1 N–H and O–H groups in total. The molecular formula is C14H9ClF4N2O2. The second-order valence-corrected chi connectivity index (χ2v) is 4.99. The van der Waals surface area contributed by atoms with Crippen molar-refractivity contribution in [2.24, 2.45) is 0 Å². The van der Waals surface area contributed by atoms with Crippen LogP contribution in [0.15, 0.2) is 41.3 Å². The molecule has 0 fully saturated rings. The molecule has 0 saturated carbocycles. The molecule has 2 rings (SSSR count). The Morgan fingerprint density at radius 1 is 1.22 bits per heavy atom. The van der Waals surface area contributed by atoms with E-state index in [1.807, 2.05) is 0 Å². The molecule has 2 aromatic rings. The third-order valence-corrected chi connectivity index (χ3v) is 3.06. The average molecular weight is 349 g/mol. The van der Waals surface area contributed by atoms with Crippen LogP contribution in [-0.4, -0.2) is 10.5 Å². The highest BCUT2D eigenvalue weighted by Crippen LogP contribution is 2.28. The molecule has 1 amide bonds. The first-order valence-corrected chi connectivity index (χ1v) is 6.57. The smallest absolute Gasteiger partial charge is 0.322 e. The van der Waals surface area contributed by atoms with Gasteiger partial charge in [-0.3, -0.25) is 9.59 Å². The zero-order valence-electron chi connectivity index (χ0n) is 11.3. The average Bonchev–Trinajstić information content (AvgIpc) is 2.44. The van der Waals surface area contributed by atoms with Crippen molar-refractivity contribution in [2.45, 2.75) is 12.7 Å². The predicted octanol–water partition coefficient (Wildman–Crippen LogP) is 3.30. The SMILES string of the molecule is O=C(Cn1cc(C(F)(F)F)ccc1=O)Nc1cc(Cl)ccc1F. The Labute approximate surface area is 132 Å². The van der Waals surface area contributed by atoms with Gasteiger partial charge < -0.3 is 9.88 Å². The number of carbonyl (C=O) groups is 1. The van der Waals surface area contributed by atoms with Crippen molar-refractivity contribution in [3.05, 3.63) is 63.3 Å². The van der Waals surface area contributed by atoms with E-state index in [0.29, 0.717) is 22.9 Å². The van der Waals surface area contributed by atoms with Crippen molar-refractivity contribution in [3.63, 3.8) is 0 Å². The number of carbonyl (C=O) groups excluding carboxylic acids is 1. The lowest BCUT2D eigenvalue weighted by Gasteiger charge is -2.11. The van der Waals surface area contributed by atoms with Gasteiger partial charge in [0.1, 0.15) is 12.4 Å². The highest BCUT2D eigenvalue weighted by atomic mass is 35.5. The molecule has 9 heteroatoms. The Morgan fingerprint density at radius 3 is 2.57 bits per heavy atom. The lowest BCUT2D eigenvalue weighted by Crippen LogP contribution is -2.28. The molecule has 4 nitrogen and oxygen atoms in total. The van der Waals surface area contributed by atoms with Gasteiger partial charge in [0.15, 0.2) is 0 Å². The molecule has 0 aliphatic carbocycles. The van der Waals surface area contributed by atoms with Gasteiger partial charge >= 0.3 is 6.18 Å². The van der Waals surface area contributed by atoms with Crippen LogP contribution in [0, 0.1) is 5.82 Å².